The van der Waals surface area contributed by atoms with Gasteiger partial charge in [-0.25, -0.2) is 0 Å². The summed E-state index contributed by atoms with van der Waals surface area (Å²) in [5.74, 6) is 0. The van der Waals surface area contributed by atoms with Crippen LogP contribution in [0.2, 0.25) is 0 Å². The molecule has 0 aromatic heterocycles. The number of hydrogen-bond donors (Lipinski definition) is 1. The van der Waals surface area contributed by atoms with Crippen LogP contribution in [0.25, 0.3) is 0 Å². The van der Waals surface area contributed by atoms with Gasteiger partial charge in [-0.15, -0.1) is 0 Å². The third kappa shape index (κ3) is 1.81. The van der Waals surface area contributed by atoms with Gasteiger partial charge >= 0.3 is 0 Å². The van der Waals surface area contributed by atoms with Crippen LogP contribution in [-0.2, 0) is 4.84 Å². The molecule has 1 aromatic rings. The zero-order valence-corrected chi connectivity index (χ0v) is 9.07. The van der Waals surface area contributed by atoms with E-state index < -0.39 is 0 Å². The minimum atomic E-state index is -0.183. The summed E-state index contributed by atoms with van der Waals surface area (Å²) in [5, 5.41) is 12.8. The van der Waals surface area contributed by atoms with Crippen molar-refractivity contribution >= 4 is 21.6 Å². The number of benzene rings is 1. The standard InChI is InChI=1S/C10H10BrNO2/c11-9-4-2-1-3-8(9)10-5-7(6-13)14-12-10/h1-4,7,13H,5-6H2. The number of aliphatic hydroxyl groups excluding tert-OH is 1. The Morgan fingerprint density at radius 2 is 2.29 bits per heavy atom. The van der Waals surface area contributed by atoms with E-state index in [2.05, 4.69) is 21.1 Å². The Bertz CT molecular complexity index is 365. The van der Waals surface area contributed by atoms with E-state index in [0.717, 1.165) is 15.7 Å². The predicted octanol–water partition coefficient (Wildman–Crippen LogP) is 1.93. The van der Waals surface area contributed by atoms with Crippen molar-refractivity contribution < 1.29 is 9.94 Å². The Balaban J connectivity index is 2.22. The van der Waals surface area contributed by atoms with Gasteiger partial charge in [0.05, 0.1) is 12.3 Å². The Morgan fingerprint density at radius 3 is 2.93 bits per heavy atom. The van der Waals surface area contributed by atoms with Crippen molar-refractivity contribution in [2.24, 2.45) is 5.16 Å². The zero-order valence-electron chi connectivity index (χ0n) is 7.48. The highest BCUT2D eigenvalue weighted by molar-refractivity contribution is 9.10. The molecule has 1 unspecified atom stereocenters. The molecule has 0 bridgehead atoms. The van der Waals surface area contributed by atoms with Crippen molar-refractivity contribution in [3.05, 3.63) is 34.3 Å². The number of rotatable bonds is 2. The monoisotopic (exact) mass is 255 g/mol. The Labute approximate surface area is 90.5 Å². The Morgan fingerprint density at radius 1 is 1.50 bits per heavy atom. The molecule has 4 heteroatoms. The second kappa shape index (κ2) is 4.11. The molecule has 0 amide bonds. The lowest BCUT2D eigenvalue weighted by atomic mass is 10.1. The number of aliphatic hydroxyl groups is 1. The molecular weight excluding hydrogens is 246 g/mol. The maximum atomic E-state index is 8.89. The van der Waals surface area contributed by atoms with E-state index in [1.54, 1.807) is 0 Å². The number of hydrogen-bond acceptors (Lipinski definition) is 3. The molecule has 0 saturated heterocycles. The summed E-state index contributed by atoms with van der Waals surface area (Å²) in [6.45, 7) is 0.0114. The highest BCUT2D eigenvalue weighted by Crippen LogP contribution is 2.22. The van der Waals surface area contributed by atoms with Crippen LogP contribution in [0.5, 0.6) is 0 Å². The predicted molar refractivity (Wildman–Crippen MR) is 57.3 cm³/mol. The van der Waals surface area contributed by atoms with Crippen molar-refractivity contribution in [3.8, 4) is 0 Å². The molecule has 14 heavy (non-hydrogen) atoms. The highest BCUT2D eigenvalue weighted by Gasteiger charge is 2.22. The van der Waals surface area contributed by atoms with E-state index in [4.69, 9.17) is 9.94 Å². The Hall–Kier alpha value is -0.870. The number of halogens is 1. The van der Waals surface area contributed by atoms with Crippen molar-refractivity contribution in [3.63, 3.8) is 0 Å². The number of nitrogens with zero attached hydrogens (tertiary/aromatic N) is 1. The average Bonchev–Trinajstić information content (AvgIpc) is 2.67. The molecule has 1 aromatic carbocycles. The first-order valence-electron chi connectivity index (χ1n) is 4.39. The van der Waals surface area contributed by atoms with Gasteiger partial charge in [0.25, 0.3) is 0 Å². The fourth-order valence-electron chi connectivity index (χ4n) is 1.38. The largest absolute Gasteiger partial charge is 0.392 e. The molecule has 2 rings (SSSR count). The SMILES string of the molecule is OCC1CC(c2ccccc2Br)=NO1. The van der Waals surface area contributed by atoms with Crippen LogP contribution in [0.3, 0.4) is 0 Å². The fourth-order valence-corrected chi connectivity index (χ4v) is 1.89. The summed E-state index contributed by atoms with van der Waals surface area (Å²) in [5.41, 5.74) is 1.92. The van der Waals surface area contributed by atoms with Crippen LogP contribution in [0, 0.1) is 0 Å². The second-order valence-electron chi connectivity index (χ2n) is 3.13. The van der Waals surface area contributed by atoms with Gasteiger partial charge < -0.3 is 9.94 Å². The molecular formula is C10H10BrNO2. The van der Waals surface area contributed by atoms with Gasteiger partial charge in [-0.2, -0.15) is 0 Å². The zero-order chi connectivity index (χ0) is 9.97. The first-order valence-corrected chi connectivity index (χ1v) is 5.19. The van der Waals surface area contributed by atoms with E-state index >= 15 is 0 Å². The maximum absolute atomic E-state index is 8.89. The van der Waals surface area contributed by atoms with Crippen LogP contribution < -0.4 is 0 Å². The van der Waals surface area contributed by atoms with Gasteiger partial charge in [0, 0.05) is 16.5 Å². The van der Waals surface area contributed by atoms with E-state index in [-0.39, 0.29) is 12.7 Å². The molecule has 1 heterocycles. The third-order valence-corrected chi connectivity index (χ3v) is 2.81. The van der Waals surface area contributed by atoms with Gasteiger partial charge in [0.15, 0.2) is 6.10 Å². The lowest BCUT2D eigenvalue weighted by Crippen LogP contribution is -2.12. The van der Waals surface area contributed by atoms with Gasteiger partial charge in [-0.05, 0) is 6.07 Å². The molecule has 0 saturated carbocycles. The topological polar surface area (TPSA) is 41.8 Å². The first kappa shape index (κ1) is 9.68. The van der Waals surface area contributed by atoms with Gasteiger partial charge in [-0.3, -0.25) is 0 Å². The van der Waals surface area contributed by atoms with Crippen LogP contribution in [-0.4, -0.2) is 23.5 Å². The molecule has 74 valence electrons. The Kier molecular flexibility index (Phi) is 2.84. The lowest BCUT2D eigenvalue weighted by molar-refractivity contribution is 0.0390. The van der Waals surface area contributed by atoms with E-state index in [9.17, 15) is 0 Å². The first-order chi connectivity index (χ1) is 6.81. The van der Waals surface area contributed by atoms with Crippen molar-refractivity contribution in [2.75, 3.05) is 6.61 Å². The van der Waals surface area contributed by atoms with Crippen molar-refractivity contribution in [2.45, 2.75) is 12.5 Å². The molecule has 1 N–H and O–H groups in total. The van der Waals surface area contributed by atoms with Crippen LogP contribution >= 0.6 is 15.9 Å². The molecule has 0 aliphatic carbocycles. The van der Waals surface area contributed by atoms with Crippen LogP contribution in [0.15, 0.2) is 33.9 Å². The number of oxime groups is 1. The highest BCUT2D eigenvalue weighted by atomic mass is 79.9. The quantitative estimate of drug-likeness (QED) is 0.878. The summed E-state index contributed by atoms with van der Waals surface area (Å²) in [6.07, 6.45) is 0.483. The summed E-state index contributed by atoms with van der Waals surface area (Å²) < 4.78 is 1.00. The summed E-state index contributed by atoms with van der Waals surface area (Å²) in [6, 6.07) is 7.85. The molecule has 0 radical (unpaired) electrons. The molecule has 1 aliphatic rings. The van der Waals surface area contributed by atoms with Gasteiger partial charge in [0.1, 0.15) is 0 Å². The van der Waals surface area contributed by atoms with Gasteiger partial charge in [0.2, 0.25) is 0 Å². The molecule has 3 nitrogen and oxygen atoms in total. The minimum Gasteiger partial charge on any atom is -0.392 e. The van der Waals surface area contributed by atoms with E-state index in [0.29, 0.717) is 6.42 Å². The lowest BCUT2D eigenvalue weighted by Gasteiger charge is -2.02. The molecule has 0 spiro atoms. The molecule has 1 atom stereocenters. The average molecular weight is 256 g/mol. The van der Waals surface area contributed by atoms with Crippen LogP contribution in [0.1, 0.15) is 12.0 Å². The normalized spacial score (nSPS) is 20.4. The summed E-state index contributed by atoms with van der Waals surface area (Å²) >= 11 is 3.45. The smallest absolute Gasteiger partial charge is 0.156 e. The van der Waals surface area contributed by atoms with Crippen LogP contribution in [0.4, 0.5) is 0 Å². The van der Waals surface area contributed by atoms with Crippen molar-refractivity contribution in [1.29, 1.82) is 0 Å². The van der Waals surface area contributed by atoms with Gasteiger partial charge in [-0.1, -0.05) is 39.3 Å². The molecule has 1 aliphatic heterocycles. The fraction of sp³-hybridized carbons (Fsp3) is 0.300. The maximum Gasteiger partial charge on any atom is 0.156 e. The minimum absolute atomic E-state index is 0.0114. The third-order valence-electron chi connectivity index (χ3n) is 2.12. The van der Waals surface area contributed by atoms with E-state index in [1.165, 1.54) is 0 Å². The van der Waals surface area contributed by atoms with E-state index in [1.807, 2.05) is 24.3 Å². The second-order valence-corrected chi connectivity index (χ2v) is 3.99. The summed E-state index contributed by atoms with van der Waals surface area (Å²) in [7, 11) is 0. The summed E-state index contributed by atoms with van der Waals surface area (Å²) in [4.78, 5) is 5.04. The van der Waals surface area contributed by atoms with Crippen molar-refractivity contribution in [1.82, 2.24) is 0 Å². The molecule has 0 fully saturated rings.